The number of amides is 2. The minimum atomic E-state index is -0.261. The summed E-state index contributed by atoms with van der Waals surface area (Å²) in [5, 5.41) is 4.88. The highest BCUT2D eigenvalue weighted by atomic mass is 35.5. The Labute approximate surface area is 208 Å². The van der Waals surface area contributed by atoms with E-state index in [-0.39, 0.29) is 24.3 Å². The first-order valence-corrected chi connectivity index (χ1v) is 11.8. The van der Waals surface area contributed by atoms with Crippen molar-refractivity contribution in [3.05, 3.63) is 95.3 Å². The van der Waals surface area contributed by atoms with Crippen molar-refractivity contribution in [2.24, 2.45) is 5.10 Å². The van der Waals surface area contributed by atoms with E-state index in [4.69, 9.17) is 16.6 Å². The Balaban J connectivity index is 1.39. The number of hydrogen-bond acceptors (Lipinski definition) is 4. The molecule has 4 aromatic rings. The van der Waals surface area contributed by atoms with Crippen LogP contribution in [0.15, 0.2) is 84.0 Å². The number of hydrazone groups is 1. The number of para-hydroxylation sites is 2. The Hall–Kier alpha value is -3.97. The maximum Gasteiger partial charge on any atom is 0.260 e. The first kappa shape index (κ1) is 22.8. The largest absolute Gasteiger partial charge is 0.318 e. The highest BCUT2D eigenvalue weighted by Gasteiger charge is 2.35. The number of anilines is 1. The molecule has 0 saturated carbocycles. The highest BCUT2D eigenvalue weighted by molar-refractivity contribution is 6.30. The van der Waals surface area contributed by atoms with Crippen molar-refractivity contribution in [2.75, 3.05) is 11.4 Å². The van der Waals surface area contributed by atoms with Gasteiger partial charge < -0.3 is 9.47 Å². The van der Waals surface area contributed by atoms with Gasteiger partial charge in [-0.1, -0.05) is 54.1 Å². The van der Waals surface area contributed by atoms with Crippen molar-refractivity contribution in [1.82, 2.24) is 15.0 Å². The molecule has 0 spiro atoms. The molecular weight excluding hydrogens is 462 g/mol. The molecule has 0 aliphatic carbocycles. The van der Waals surface area contributed by atoms with Crippen LogP contribution in [0.5, 0.6) is 0 Å². The highest BCUT2D eigenvalue weighted by Crippen LogP contribution is 2.33. The number of carbonyl (C=O) groups excluding carboxylic acids is 2. The van der Waals surface area contributed by atoms with E-state index in [1.165, 1.54) is 0 Å². The molecule has 176 valence electrons. The van der Waals surface area contributed by atoms with Gasteiger partial charge in [-0.2, -0.15) is 5.10 Å². The molecule has 1 aliphatic heterocycles. The molecule has 1 fully saturated rings. The van der Waals surface area contributed by atoms with Gasteiger partial charge >= 0.3 is 0 Å². The lowest BCUT2D eigenvalue weighted by atomic mass is 10.1. The lowest BCUT2D eigenvalue weighted by Gasteiger charge is -2.17. The number of imidazole rings is 1. The standard InChI is InChI=1S/C27H24ClN5O2/c1-18(19-7-3-2-4-8-19)30-31-25(34)17-33-24-10-6-5-9-23(24)29-27(33)20-15-26(35)32(16-20)22-13-11-21(28)12-14-22/h2-14,20H,15-17H2,1H3,(H,31,34). The monoisotopic (exact) mass is 485 g/mol. The van der Waals surface area contributed by atoms with Gasteiger partial charge in [0.25, 0.3) is 5.91 Å². The van der Waals surface area contributed by atoms with Crippen molar-refractivity contribution < 1.29 is 9.59 Å². The average Bonchev–Trinajstić information content (AvgIpc) is 3.44. The van der Waals surface area contributed by atoms with Gasteiger partial charge in [0.1, 0.15) is 12.4 Å². The van der Waals surface area contributed by atoms with Crippen LogP contribution in [0.3, 0.4) is 0 Å². The lowest BCUT2D eigenvalue weighted by Crippen LogP contribution is -2.26. The van der Waals surface area contributed by atoms with Crippen molar-refractivity contribution >= 4 is 45.8 Å². The Kier molecular flexibility index (Phi) is 6.33. The van der Waals surface area contributed by atoms with E-state index in [0.717, 1.165) is 33.8 Å². The summed E-state index contributed by atoms with van der Waals surface area (Å²) in [6.45, 7) is 2.38. The zero-order valence-corrected chi connectivity index (χ0v) is 19.9. The molecule has 1 saturated heterocycles. The van der Waals surface area contributed by atoms with Gasteiger partial charge in [-0.3, -0.25) is 9.59 Å². The maximum atomic E-state index is 12.9. The molecule has 1 aromatic heterocycles. The van der Waals surface area contributed by atoms with Gasteiger partial charge in [-0.25, -0.2) is 10.4 Å². The number of nitrogens with one attached hydrogen (secondary N) is 1. The maximum absolute atomic E-state index is 12.9. The molecule has 8 heteroatoms. The molecule has 0 bridgehead atoms. The number of nitrogens with zero attached hydrogens (tertiary/aromatic N) is 4. The van der Waals surface area contributed by atoms with Crippen LogP contribution in [0.2, 0.25) is 5.02 Å². The lowest BCUT2D eigenvalue weighted by molar-refractivity contribution is -0.121. The minimum Gasteiger partial charge on any atom is -0.318 e. The first-order chi connectivity index (χ1) is 17.0. The van der Waals surface area contributed by atoms with Gasteiger partial charge in [-0.15, -0.1) is 0 Å². The fraction of sp³-hybridized carbons (Fsp3) is 0.185. The average molecular weight is 486 g/mol. The van der Waals surface area contributed by atoms with E-state index >= 15 is 0 Å². The molecule has 7 nitrogen and oxygen atoms in total. The molecule has 5 rings (SSSR count). The Morgan fingerprint density at radius 3 is 2.54 bits per heavy atom. The zero-order chi connectivity index (χ0) is 24.4. The molecule has 1 atom stereocenters. The summed E-state index contributed by atoms with van der Waals surface area (Å²) in [4.78, 5) is 32.3. The van der Waals surface area contributed by atoms with E-state index in [1.54, 1.807) is 17.0 Å². The topological polar surface area (TPSA) is 79.6 Å². The molecule has 2 heterocycles. The van der Waals surface area contributed by atoms with Crippen LogP contribution in [0, 0.1) is 0 Å². The third kappa shape index (κ3) is 4.81. The summed E-state index contributed by atoms with van der Waals surface area (Å²) in [7, 11) is 0. The van der Waals surface area contributed by atoms with Crippen molar-refractivity contribution in [2.45, 2.75) is 25.8 Å². The number of rotatable bonds is 6. The van der Waals surface area contributed by atoms with E-state index in [1.807, 2.05) is 78.2 Å². The van der Waals surface area contributed by atoms with Gasteiger partial charge in [0, 0.05) is 29.6 Å². The number of aromatic nitrogens is 2. The molecule has 1 aliphatic rings. The van der Waals surface area contributed by atoms with Crippen LogP contribution in [-0.4, -0.2) is 33.6 Å². The van der Waals surface area contributed by atoms with Crippen LogP contribution >= 0.6 is 11.6 Å². The van der Waals surface area contributed by atoms with E-state index < -0.39 is 0 Å². The summed E-state index contributed by atoms with van der Waals surface area (Å²) in [6.07, 6.45) is 0.318. The summed E-state index contributed by atoms with van der Waals surface area (Å²) in [5.74, 6) is 0.329. The first-order valence-electron chi connectivity index (χ1n) is 11.4. The smallest absolute Gasteiger partial charge is 0.260 e. The van der Waals surface area contributed by atoms with Crippen molar-refractivity contribution in [3.63, 3.8) is 0 Å². The van der Waals surface area contributed by atoms with E-state index in [0.29, 0.717) is 18.0 Å². The van der Waals surface area contributed by atoms with Crippen molar-refractivity contribution in [1.29, 1.82) is 0 Å². The van der Waals surface area contributed by atoms with Gasteiger partial charge in [-0.05, 0) is 48.9 Å². The summed E-state index contributed by atoms with van der Waals surface area (Å²) in [5.41, 5.74) is 6.75. The normalized spacial score (nSPS) is 16.2. The van der Waals surface area contributed by atoms with Crippen LogP contribution in [0.25, 0.3) is 11.0 Å². The third-order valence-electron chi connectivity index (χ3n) is 6.15. The Morgan fingerprint density at radius 1 is 1.06 bits per heavy atom. The molecule has 2 amide bonds. The number of carbonyl (C=O) groups is 2. The molecule has 35 heavy (non-hydrogen) atoms. The summed E-state index contributed by atoms with van der Waals surface area (Å²) >= 11 is 6.01. The summed E-state index contributed by atoms with van der Waals surface area (Å²) in [6, 6.07) is 24.6. The number of benzene rings is 3. The number of fused-ring (bicyclic) bond motifs is 1. The fourth-order valence-electron chi connectivity index (χ4n) is 4.39. The number of hydrogen-bond donors (Lipinski definition) is 1. The second-order valence-corrected chi connectivity index (χ2v) is 8.96. The van der Waals surface area contributed by atoms with E-state index in [9.17, 15) is 9.59 Å². The fourth-order valence-corrected chi connectivity index (χ4v) is 4.52. The third-order valence-corrected chi connectivity index (χ3v) is 6.41. The number of halogens is 1. The van der Waals surface area contributed by atoms with Crippen molar-refractivity contribution in [3.8, 4) is 0 Å². The summed E-state index contributed by atoms with van der Waals surface area (Å²) < 4.78 is 1.89. The Bertz CT molecular complexity index is 1410. The minimum absolute atomic E-state index is 0.0171. The second kappa shape index (κ2) is 9.72. The van der Waals surface area contributed by atoms with Gasteiger partial charge in [0.15, 0.2) is 0 Å². The molecule has 1 N–H and O–H groups in total. The SMILES string of the molecule is CC(=NNC(=O)Cn1c(C2CC(=O)N(c3ccc(Cl)cc3)C2)nc2ccccc21)c1ccccc1. The quantitative estimate of drug-likeness (QED) is 0.316. The molecule has 0 radical (unpaired) electrons. The van der Waals surface area contributed by atoms with Crippen LogP contribution in [0.1, 0.15) is 30.7 Å². The van der Waals surface area contributed by atoms with Crippen LogP contribution in [0.4, 0.5) is 5.69 Å². The van der Waals surface area contributed by atoms with Gasteiger partial charge in [0.2, 0.25) is 5.91 Å². The second-order valence-electron chi connectivity index (χ2n) is 8.52. The Morgan fingerprint density at radius 2 is 1.77 bits per heavy atom. The predicted molar refractivity (Wildman–Crippen MR) is 138 cm³/mol. The molecule has 3 aromatic carbocycles. The molecule has 1 unspecified atom stereocenters. The van der Waals surface area contributed by atoms with Crippen LogP contribution in [-0.2, 0) is 16.1 Å². The van der Waals surface area contributed by atoms with E-state index in [2.05, 4.69) is 10.5 Å². The van der Waals surface area contributed by atoms with Crippen LogP contribution < -0.4 is 10.3 Å². The van der Waals surface area contributed by atoms with Gasteiger partial charge in [0.05, 0.1) is 16.7 Å². The predicted octanol–water partition coefficient (Wildman–Crippen LogP) is 4.75. The zero-order valence-electron chi connectivity index (χ0n) is 19.2. The molecular formula is C27H24ClN5O2.